The Morgan fingerprint density at radius 1 is 1.12 bits per heavy atom. The van der Waals surface area contributed by atoms with E-state index in [1.54, 1.807) is 0 Å². The fraction of sp³-hybridized carbons (Fsp3) is 0.538. The Bertz CT molecular complexity index is 350. The van der Waals surface area contributed by atoms with Crippen molar-refractivity contribution in [2.75, 3.05) is 5.88 Å². The highest BCUT2D eigenvalue weighted by Gasteiger charge is 2.34. The van der Waals surface area contributed by atoms with Gasteiger partial charge >= 0.3 is 0 Å². The van der Waals surface area contributed by atoms with E-state index in [-0.39, 0.29) is 11.0 Å². The lowest BCUT2D eigenvalue weighted by atomic mass is 9.81. The van der Waals surface area contributed by atoms with Crippen molar-refractivity contribution < 1.29 is 8.78 Å². The largest absolute Gasteiger partial charge is 0.207 e. The van der Waals surface area contributed by atoms with E-state index in [0.717, 1.165) is 25.7 Å². The van der Waals surface area contributed by atoms with Gasteiger partial charge in [-0.2, -0.15) is 0 Å². The first-order valence-corrected chi connectivity index (χ1v) is 6.19. The molecule has 1 aliphatic carbocycles. The summed E-state index contributed by atoms with van der Waals surface area (Å²) in [7, 11) is 0. The van der Waals surface area contributed by atoms with Gasteiger partial charge in [0.25, 0.3) is 0 Å². The summed E-state index contributed by atoms with van der Waals surface area (Å²) in [6.45, 7) is 0. The Morgan fingerprint density at radius 2 is 1.69 bits per heavy atom. The fourth-order valence-corrected chi connectivity index (χ4v) is 2.92. The molecule has 0 aromatic heterocycles. The third-order valence-electron chi connectivity index (χ3n) is 3.56. The molecule has 1 aromatic rings. The molecule has 0 spiro atoms. The van der Waals surface area contributed by atoms with E-state index >= 15 is 0 Å². The van der Waals surface area contributed by atoms with E-state index in [0.29, 0.717) is 12.3 Å². The van der Waals surface area contributed by atoms with E-state index in [2.05, 4.69) is 0 Å². The zero-order chi connectivity index (χ0) is 11.6. The minimum Gasteiger partial charge on any atom is -0.207 e. The van der Waals surface area contributed by atoms with Crippen LogP contribution in [-0.2, 0) is 6.42 Å². The lowest BCUT2D eigenvalue weighted by molar-refractivity contribution is 0.329. The maximum atomic E-state index is 13.5. The summed E-state index contributed by atoms with van der Waals surface area (Å²) in [6.07, 6.45) is 4.61. The summed E-state index contributed by atoms with van der Waals surface area (Å²) in [5.74, 6) is -0.409. The highest BCUT2D eigenvalue weighted by molar-refractivity contribution is 6.18. The van der Waals surface area contributed by atoms with Gasteiger partial charge in [-0.25, -0.2) is 8.78 Å². The van der Waals surface area contributed by atoms with Crippen molar-refractivity contribution in [1.29, 1.82) is 0 Å². The number of hydrogen-bond acceptors (Lipinski definition) is 0. The van der Waals surface area contributed by atoms with Crippen LogP contribution in [0.15, 0.2) is 18.2 Å². The highest BCUT2D eigenvalue weighted by Crippen LogP contribution is 2.42. The van der Waals surface area contributed by atoms with Gasteiger partial charge in [-0.15, -0.1) is 11.6 Å². The van der Waals surface area contributed by atoms with Crippen molar-refractivity contribution in [2.45, 2.75) is 32.1 Å². The molecule has 1 aromatic carbocycles. The van der Waals surface area contributed by atoms with Gasteiger partial charge in [0.1, 0.15) is 11.6 Å². The molecule has 0 aliphatic heterocycles. The van der Waals surface area contributed by atoms with Gasteiger partial charge in [0.05, 0.1) is 0 Å². The molecule has 0 saturated heterocycles. The molecule has 0 atom stereocenters. The van der Waals surface area contributed by atoms with E-state index in [4.69, 9.17) is 11.6 Å². The van der Waals surface area contributed by atoms with Crippen LogP contribution in [0.1, 0.15) is 31.2 Å². The lowest BCUT2D eigenvalue weighted by Crippen LogP contribution is -2.23. The van der Waals surface area contributed by atoms with Gasteiger partial charge in [-0.1, -0.05) is 18.9 Å². The third-order valence-corrected chi connectivity index (χ3v) is 4.13. The Balaban J connectivity index is 2.25. The number of rotatable bonds is 3. The molecule has 3 heteroatoms. The van der Waals surface area contributed by atoms with Gasteiger partial charge in [-0.3, -0.25) is 0 Å². The number of halogens is 3. The molecule has 0 N–H and O–H groups in total. The minimum atomic E-state index is -0.448. The summed E-state index contributed by atoms with van der Waals surface area (Å²) in [4.78, 5) is 0. The van der Waals surface area contributed by atoms with Crippen LogP contribution in [0, 0.1) is 17.0 Å². The first kappa shape index (κ1) is 11.8. The average Bonchev–Trinajstić information content (AvgIpc) is 2.73. The van der Waals surface area contributed by atoms with Crippen LogP contribution in [-0.4, -0.2) is 5.88 Å². The Hall–Kier alpha value is -0.630. The molecule has 0 heterocycles. The summed E-state index contributed by atoms with van der Waals surface area (Å²) in [6, 6.07) is 4.03. The van der Waals surface area contributed by atoms with Crippen LogP contribution in [0.3, 0.4) is 0 Å². The number of hydrogen-bond donors (Lipinski definition) is 0. The summed E-state index contributed by atoms with van der Waals surface area (Å²) >= 11 is 5.97. The second-order valence-corrected chi connectivity index (χ2v) is 4.98. The Labute approximate surface area is 99.6 Å². The lowest BCUT2D eigenvalue weighted by Gasteiger charge is -2.26. The topological polar surface area (TPSA) is 0 Å². The summed E-state index contributed by atoms with van der Waals surface area (Å²) in [5, 5.41) is 0. The minimum absolute atomic E-state index is 0.0927. The van der Waals surface area contributed by atoms with Crippen LogP contribution in [0.2, 0.25) is 0 Å². The molecular weight excluding hydrogens is 230 g/mol. The van der Waals surface area contributed by atoms with E-state index in [1.165, 1.54) is 18.2 Å². The molecular formula is C13H15ClF2. The van der Waals surface area contributed by atoms with Crippen LogP contribution in [0.4, 0.5) is 8.78 Å². The zero-order valence-corrected chi connectivity index (χ0v) is 9.86. The third kappa shape index (κ3) is 2.22. The predicted molar refractivity (Wildman–Crippen MR) is 61.7 cm³/mol. The second-order valence-electron chi connectivity index (χ2n) is 4.72. The van der Waals surface area contributed by atoms with Gasteiger partial charge < -0.3 is 0 Å². The molecule has 1 saturated carbocycles. The molecule has 2 rings (SSSR count). The van der Waals surface area contributed by atoms with Gasteiger partial charge in [0.15, 0.2) is 0 Å². The van der Waals surface area contributed by atoms with Crippen LogP contribution < -0.4 is 0 Å². The Morgan fingerprint density at radius 3 is 2.19 bits per heavy atom. The highest BCUT2D eigenvalue weighted by atomic mass is 35.5. The molecule has 0 radical (unpaired) electrons. The zero-order valence-electron chi connectivity index (χ0n) is 9.11. The maximum Gasteiger partial charge on any atom is 0.129 e. The quantitative estimate of drug-likeness (QED) is 0.696. The van der Waals surface area contributed by atoms with E-state index < -0.39 is 11.6 Å². The second kappa shape index (κ2) is 4.70. The SMILES string of the molecule is Fc1cccc(F)c1CC1(CCl)CCCC1. The van der Waals surface area contributed by atoms with Crippen LogP contribution in [0.5, 0.6) is 0 Å². The smallest absolute Gasteiger partial charge is 0.129 e. The van der Waals surface area contributed by atoms with Crippen molar-refractivity contribution in [2.24, 2.45) is 5.41 Å². The molecule has 0 bridgehead atoms. The summed E-state index contributed by atoms with van der Waals surface area (Å²) in [5.41, 5.74) is 0.106. The Kier molecular flexibility index (Phi) is 3.48. The van der Waals surface area contributed by atoms with Crippen molar-refractivity contribution >= 4 is 11.6 Å². The fourth-order valence-electron chi connectivity index (χ4n) is 2.56. The average molecular weight is 245 g/mol. The van der Waals surface area contributed by atoms with Crippen LogP contribution in [0.25, 0.3) is 0 Å². The molecule has 88 valence electrons. The molecule has 1 fully saturated rings. The molecule has 0 amide bonds. The summed E-state index contributed by atoms with van der Waals surface area (Å²) < 4.78 is 27.1. The standard InChI is InChI=1S/C13H15ClF2/c14-9-13(6-1-2-7-13)8-10-11(15)4-3-5-12(10)16/h3-5H,1-2,6-9H2. The van der Waals surface area contributed by atoms with Gasteiger partial charge in [0.2, 0.25) is 0 Å². The van der Waals surface area contributed by atoms with Crippen molar-refractivity contribution in [3.8, 4) is 0 Å². The molecule has 0 unspecified atom stereocenters. The first-order valence-electron chi connectivity index (χ1n) is 5.66. The van der Waals surface area contributed by atoms with Gasteiger partial charge in [0, 0.05) is 11.4 Å². The van der Waals surface area contributed by atoms with E-state index in [9.17, 15) is 8.78 Å². The normalized spacial score (nSPS) is 18.9. The maximum absolute atomic E-state index is 13.5. The molecule has 0 nitrogen and oxygen atoms in total. The van der Waals surface area contributed by atoms with Crippen molar-refractivity contribution in [3.63, 3.8) is 0 Å². The van der Waals surface area contributed by atoms with Crippen LogP contribution >= 0.6 is 11.6 Å². The van der Waals surface area contributed by atoms with E-state index in [1.807, 2.05) is 0 Å². The van der Waals surface area contributed by atoms with Gasteiger partial charge in [-0.05, 0) is 36.8 Å². The number of alkyl halides is 1. The number of benzene rings is 1. The van der Waals surface area contributed by atoms with Crippen molar-refractivity contribution in [3.05, 3.63) is 35.4 Å². The van der Waals surface area contributed by atoms with Crippen molar-refractivity contribution in [1.82, 2.24) is 0 Å². The molecule has 16 heavy (non-hydrogen) atoms. The predicted octanol–water partition coefficient (Wildman–Crippen LogP) is 4.31. The monoisotopic (exact) mass is 244 g/mol. The first-order chi connectivity index (χ1) is 7.67. The molecule has 1 aliphatic rings.